The molecule has 0 spiro atoms. The fraction of sp³-hybridized carbons (Fsp3) is 0.444. The van der Waals surface area contributed by atoms with E-state index in [4.69, 9.17) is 0 Å². The molecule has 1 aromatic heterocycles. The van der Waals surface area contributed by atoms with E-state index in [0.717, 1.165) is 31.9 Å². The Balaban J connectivity index is 1.52. The van der Waals surface area contributed by atoms with Crippen molar-refractivity contribution in [1.82, 2.24) is 14.5 Å². The highest BCUT2D eigenvalue weighted by molar-refractivity contribution is 5.76. The summed E-state index contributed by atoms with van der Waals surface area (Å²) < 4.78 is 28.4. The minimum absolute atomic E-state index is 0.0886. The predicted octanol–water partition coefficient (Wildman–Crippen LogP) is 3.03. The van der Waals surface area contributed by atoms with Gasteiger partial charge in [-0.3, -0.25) is 4.79 Å². The number of piperidine rings is 1. The van der Waals surface area contributed by atoms with Crippen LogP contribution in [0.3, 0.4) is 0 Å². The molecule has 0 bridgehead atoms. The van der Waals surface area contributed by atoms with Crippen molar-refractivity contribution in [1.29, 1.82) is 0 Å². The topological polar surface area (TPSA) is 38.1 Å². The standard InChI is InChI=1S/C18H21F2N3O/c19-16-6-5-15(17(20)10-16)4-3-14-2-1-8-23(11-14)18(24)12-22-9-7-21-13-22/h5-7,9-10,13-14H,1-4,8,11-12H2/t14-/m0/s1. The number of benzene rings is 1. The van der Waals surface area contributed by atoms with E-state index in [2.05, 4.69) is 4.98 Å². The van der Waals surface area contributed by atoms with Crippen molar-refractivity contribution in [2.45, 2.75) is 32.2 Å². The van der Waals surface area contributed by atoms with Gasteiger partial charge in [0.25, 0.3) is 0 Å². The van der Waals surface area contributed by atoms with Crippen LogP contribution in [-0.2, 0) is 17.8 Å². The molecule has 128 valence electrons. The minimum atomic E-state index is -0.551. The molecule has 1 aliphatic heterocycles. The third-order valence-corrected chi connectivity index (χ3v) is 4.59. The van der Waals surface area contributed by atoms with Crippen LogP contribution in [0.2, 0.25) is 0 Å². The van der Waals surface area contributed by atoms with Gasteiger partial charge in [-0.2, -0.15) is 0 Å². The number of imidazole rings is 1. The number of likely N-dealkylation sites (tertiary alicyclic amines) is 1. The zero-order valence-corrected chi connectivity index (χ0v) is 13.5. The summed E-state index contributed by atoms with van der Waals surface area (Å²) in [4.78, 5) is 18.2. The summed E-state index contributed by atoms with van der Waals surface area (Å²) in [5.74, 6) is -0.593. The molecule has 0 N–H and O–H groups in total. The van der Waals surface area contributed by atoms with Crippen LogP contribution in [0.1, 0.15) is 24.8 Å². The van der Waals surface area contributed by atoms with Crippen molar-refractivity contribution >= 4 is 5.91 Å². The van der Waals surface area contributed by atoms with Gasteiger partial charge in [0.2, 0.25) is 5.91 Å². The quantitative estimate of drug-likeness (QED) is 0.843. The van der Waals surface area contributed by atoms with E-state index >= 15 is 0 Å². The highest BCUT2D eigenvalue weighted by Crippen LogP contribution is 2.23. The van der Waals surface area contributed by atoms with E-state index < -0.39 is 11.6 Å². The summed E-state index contributed by atoms with van der Waals surface area (Å²) in [5.41, 5.74) is 0.540. The number of amides is 1. The number of carbonyl (C=O) groups excluding carboxylic acids is 1. The Morgan fingerprint density at radius 1 is 1.33 bits per heavy atom. The number of hydrogen-bond acceptors (Lipinski definition) is 2. The Bertz CT molecular complexity index is 688. The first-order chi connectivity index (χ1) is 11.6. The number of hydrogen-bond donors (Lipinski definition) is 0. The van der Waals surface area contributed by atoms with Crippen molar-refractivity contribution in [2.75, 3.05) is 13.1 Å². The van der Waals surface area contributed by atoms with Crippen molar-refractivity contribution in [3.8, 4) is 0 Å². The molecule has 2 heterocycles. The lowest BCUT2D eigenvalue weighted by Gasteiger charge is -2.33. The highest BCUT2D eigenvalue weighted by Gasteiger charge is 2.23. The molecule has 1 aromatic carbocycles. The first kappa shape index (κ1) is 16.6. The molecular formula is C18H21F2N3O. The second-order valence-corrected chi connectivity index (χ2v) is 6.36. The number of aryl methyl sites for hydroxylation is 1. The molecule has 0 unspecified atom stereocenters. The highest BCUT2D eigenvalue weighted by atomic mass is 19.1. The number of aromatic nitrogens is 2. The molecule has 6 heteroatoms. The van der Waals surface area contributed by atoms with Crippen LogP contribution in [0.15, 0.2) is 36.9 Å². The van der Waals surface area contributed by atoms with Crippen LogP contribution in [0.25, 0.3) is 0 Å². The van der Waals surface area contributed by atoms with Gasteiger partial charge in [-0.1, -0.05) is 6.07 Å². The van der Waals surface area contributed by atoms with Gasteiger partial charge in [0, 0.05) is 31.5 Å². The summed E-state index contributed by atoms with van der Waals surface area (Å²) in [6.07, 6.45) is 8.44. The molecular weight excluding hydrogens is 312 g/mol. The van der Waals surface area contributed by atoms with Gasteiger partial charge >= 0.3 is 0 Å². The largest absolute Gasteiger partial charge is 0.341 e. The third kappa shape index (κ3) is 4.19. The van der Waals surface area contributed by atoms with E-state index in [1.165, 1.54) is 12.1 Å². The van der Waals surface area contributed by atoms with Crippen molar-refractivity contribution < 1.29 is 13.6 Å². The van der Waals surface area contributed by atoms with Gasteiger partial charge in [0.15, 0.2) is 0 Å². The molecule has 3 rings (SSSR count). The van der Waals surface area contributed by atoms with Gasteiger partial charge in [-0.25, -0.2) is 13.8 Å². The SMILES string of the molecule is O=C(Cn1ccnc1)N1CCC[C@@H](CCc2ccc(F)cc2F)C1. The Morgan fingerprint density at radius 3 is 2.96 bits per heavy atom. The maximum absolute atomic E-state index is 13.7. The lowest BCUT2D eigenvalue weighted by Crippen LogP contribution is -2.41. The summed E-state index contributed by atoms with van der Waals surface area (Å²) in [5, 5.41) is 0. The molecule has 0 saturated carbocycles. The van der Waals surface area contributed by atoms with Crippen LogP contribution >= 0.6 is 0 Å². The number of rotatable bonds is 5. The lowest BCUT2D eigenvalue weighted by molar-refractivity contribution is -0.133. The Hall–Kier alpha value is -2.24. The normalized spacial score (nSPS) is 17.9. The van der Waals surface area contributed by atoms with Gasteiger partial charge in [0.05, 0.1) is 6.33 Å². The Kier molecular flexibility index (Phi) is 5.23. The van der Waals surface area contributed by atoms with Crippen molar-refractivity contribution in [3.05, 3.63) is 54.1 Å². The second-order valence-electron chi connectivity index (χ2n) is 6.36. The van der Waals surface area contributed by atoms with E-state index in [0.29, 0.717) is 31.0 Å². The molecule has 1 fully saturated rings. The smallest absolute Gasteiger partial charge is 0.242 e. The van der Waals surface area contributed by atoms with Gasteiger partial charge in [-0.05, 0) is 43.2 Å². The first-order valence-electron chi connectivity index (χ1n) is 8.29. The molecule has 1 atom stereocenters. The fourth-order valence-corrected chi connectivity index (χ4v) is 3.25. The molecule has 24 heavy (non-hydrogen) atoms. The summed E-state index contributed by atoms with van der Waals surface area (Å²) in [6.45, 7) is 1.78. The van der Waals surface area contributed by atoms with Gasteiger partial charge in [0.1, 0.15) is 18.2 Å². The molecule has 2 aromatic rings. The van der Waals surface area contributed by atoms with Crippen molar-refractivity contribution in [2.24, 2.45) is 5.92 Å². The Labute approximate surface area is 140 Å². The molecule has 0 aliphatic carbocycles. The zero-order chi connectivity index (χ0) is 16.9. The van der Waals surface area contributed by atoms with Crippen LogP contribution in [-0.4, -0.2) is 33.4 Å². The maximum atomic E-state index is 13.7. The molecule has 1 amide bonds. The van der Waals surface area contributed by atoms with Crippen molar-refractivity contribution in [3.63, 3.8) is 0 Å². The number of halogens is 2. The number of carbonyl (C=O) groups is 1. The van der Waals surface area contributed by atoms with Crippen LogP contribution < -0.4 is 0 Å². The monoisotopic (exact) mass is 333 g/mol. The average molecular weight is 333 g/mol. The van der Waals surface area contributed by atoms with Crippen LogP contribution in [0, 0.1) is 17.6 Å². The Morgan fingerprint density at radius 2 is 2.21 bits per heavy atom. The zero-order valence-electron chi connectivity index (χ0n) is 13.5. The average Bonchev–Trinajstić information content (AvgIpc) is 3.07. The molecule has 1 aliphatic rings. The maximum Gasteiger partial charge on any atom is 0.242 e. The minimum Gasteiger partial charge on any atom is -0.341 e. The first-order valence-corrected chi connectivity index (χ1v) is 8.29. The third-order valence-electron chi connectivity index (χ3n) is 4.59. The van der Waals surface area contributed by atoms with Crippen LogP contribution in [0.5, 0.6) is 0 Å². The van der Waals surface area contributed by atoms with E-state index in [-0.39, 0.29) is 5.91 Å². The summed E-state index contributed by atoms with van der Waals surface area (Å²) >= 11 is 0. The van der Waals surface area contributed by atoms with Crippen LogP contribution in [0.4, 0.5) is 8.78 Å². The van der Waals surface area contributed by atoms with Gasteiger partial charge in [-0.15, -0.1) is 0 Å². The lowest BCUT2D eigenvalue weighted by atomic mass is 9.91. The van der Waals surface area contributed by atoms with Gasteiger partial charge < -0.3 is 9.47 Å². The summed E-state index contributed by atoms with van der Waals surface area (Å²) in [6, 6.07) is 3.73. The van der Waals surface area contributed by atoms with E-state index in [9.17, 15) is 13.6 Å². The molecule has 0 radical (unpaired) electrons. The number of nitrogens with zero attached hydrogens (tertiary/aromatic N) is 3. The van der Waals surface area contributed by atoms with E-state index in [1.807, 2.05) is 4.90 Å². The fourth-order valence-electron chi connectivity index (χ4n) is 3.25. The van der Waals surface area contributed by atoms with E-state index in [1.54, 1.807) is 23.3 Å². The molecule has 4 nitrogen and oxygen atoms in total. The second kappa shape index (κ2) is 7.55. The predicted molar refractivity (Wildman–Crippen MR) is 86.2 cm³/mol. The molecule has 1 saturated heterocycles. The summed E-state index contributed by atoms with van der Waals surface area (Å²) in [7, 11) is 0.